The number of para-hydroxylation sites is 1. The van der Waals surface area contributed by atoms with E-state index >= 15 is 0 Å². The van der Waals surface area contributed by atoms with Crippen molar-refractivity contribution in [3.8, 4) is 5.75 Å². The Balaban J connectivity index is 2.29. The second kappa shape index (κ2) is 9.82. The molecule has 2 atom stereocenters. The average Bonchev–Trinajstić information content (AvgIpc) is 2.51. The highest BCUT2D eigenvalue weighted by molar-refractivity contribution is 5.93. The van der Waals surface area contributed by atoms with E-state index in [0.29, 0.717) is 25.9 Å². The molecule has 0 amide bonds. The number of hydrogen-bond acceptors (Lipinski definition) is 4. The normalized spacial score (nSPS) is 13.2. The molecule has 1 aromatic rings. The van der Waals surface area contributed by atoms with Gasteiger partial charge < -0.3 is 14.6 Å². The van der Waals surface area contributed by atoms with Crippen LogP contribution < -0.4 is 4.74 Å². The number of benzene rings is 1. The minimum absolute atomic E-state index is 0.254. The highest BCUT2D eigenvalue weighted by Gasteiger charge is 2.28. The lowest BCUT2D eigenvalue weighted by Crippen LogP contribution is -2.28. The molecule has 22 heavy (non-hydrogen) atoms. The summed E-state index contributed by atoms with van der Waals surface area (Å²) in [6.07, 6.45) is 1.97. The number of carboxylic acids is 1. The van der Waals surface area contributed by atoms with E-state index in [4.69, 9.17) is 14.6 Å². The van der Waals surface area contributed by atoms with Gasteiger partial charge in [-0.3, -0.25) is 9.59 Å². The number of rotatable bonds is 10. The van der Waals surface area contributed by atoms with Gasteiger partial charge in [-0.05, 0) is 44.7 Å². The van der Waals surface area contributed by atoms with Gasteiger partial charge in [0.25, 0.3) is 0 Å². The fraction of sp³-hybridized carbons (Fsp3) is 0.529. The number of carboxylic acid groups (broad SMARTS) is 1. The molecular formula is C17H24O5. The van der Waals surface area contributed by atoms with Gasteiger partial charge in [-0.25, -0.2) is 0 Å². The second-order valence-corrected chi connectivity index (χ2v) is 5.20. The highest BCUT2D eigenvalue weighted by Crippen LogP contribution is 2.14. The number of carbonyl (C=O) groups is 2. The van der Waals surface area contributed by atoms with Crippen LogP contribution in [0, 0.1) is 5.92 Å². The summed E-state index contributed by atoms with van der Waals surface area (Å²) in [5.74, 6) is -2.08. The Kier molecular flexibility index (Phi) is 8.04. The first-order valence-electron chi connectivity index (χ1n) is 7.65. The van der Waals surface area contributed by atoms with Crippen LogP contribution in [0.1, 0.15) is 39.5 Å². The third-order valence-corrected chi connectivity index (χ3v) is 3.37. The van der Waals surface area contributed by atoms with Gasteiger partial charge in [-0.15, -0.1) is 0 Å². The Hall–Kier alpha value is -2.04. The van der Waals surface area contributed by atoms with E-state index in [1.54, 1.807) is 6.92 Å². The molecule has 0 heterocycles. The number of ether oxygens (including phenoxy) is 2. The minimum Gasteiger partial charge on any atom is -0.494 e. The standard InChI is InChI=1S/C17H24O5/c1-3-13(2)22-17(20)15(16(18)19)11-7-8-12-21-14-9-5-4-6-10-14/h4-6,9-10,13,15H,3,7-8,11-12H2,1-2H3,(H,18,19). The molecule has 5 heteroatoms. The summed E-state index contributed by atoms with van der Waals surface area (Å²) >= 11 is 0. The van der Waals surface area contributed by atoms with Gasteiger partial charge in [-0.1, -0.05) is 25.1 Å². The van der Waals surface area contributed by atoms with Crippen molar-refractivity contribution in [2.75, 3.05) is 6.61 Å². The maximum absolute atomic E-state index is 11.8. The predicted octanol–water partition coefficient (Wildman–Crippen LogP) is 3.28. The minimum atomic E-state index is -1.13. The fourth-order valence-electron chi connectivity index (χ4n) is 1.86. The number of unbranched alkanes of at least 4 members (excludes halogenated alkanes) is 1. The summed E-state index contributed by atoms with van der Waals surface area (Å²) in [6.45, 7) is 4.13. The molecule has 2 unspecified atom stereocenters. The Morgan fingerprint density at radius 2 is 1.86 bits per heavy atom. The molecule has 1 aromatic carbocycles. The Labute approximate surface area is 131 Å². The van der Waals surface area contributed by atoms with Crippen LogP contribution in [0.4, 0.5) is 0 Å². The first-order valence-corrected chi connectivity index (χ1v) is 7.65. The molecule has 0 fully saturated rings. The van der Waals surface area contributed by atoms with E-state index in [1.165, 1.54) is 0 Å². The maximum atomic E-state index is 11.8. The van der Waals surface area contributed by atoms with Gasteiger partial charge in [0.15, 0.2) is 5.92 Å². The molecule has 0 aliphatic carbocycles. The summed E-state index contributed by atoms with van der Waals surface area (Å²) in [7, 11) is 0. The molecule has 0 aliphatic rings. The van der Waals surface area contributed by atoms with Gasteiger partial charge in [-0.2, -0.15) is 0 Å². The van der Waals surface area contributed by atoms with Crippen molar-refractivity contribution >= 4 is 11.9 Å². The van der Waals surface area contributed by atoms with Crippen LogP contribution in [-0.4, -0.2) is 29.8 Å². The molecule has 1 N–H and O–H groups in total. The zero-order chi connectivity index (χ0) is 16.4. The average molecular weight is 308 g/mol. The predicted molar refractivity (Wildman–Crippen MR) is 82.8 cm³/mol. The summed E-state index contributed by atoms with van der Waals surface area (Å²) in [5, 5.41) is 9.13. The molecule has 0 bridgehead atoms. The summed E-state index contributed by atoms with van der Waals surface area (Å²) in [6, 6.07) is 9.42. The molecule has 5 nitrogen and oxygen atoms in total. The van der Waals surface area contributed by atoms with Crippen molar-refractivity contribution in [1.29, 1.82) is 0 Å². The van der Waals surface area contributed by atoms with Gasteiger partial charge in [0.2, 0.25) is 0 Å². The van der Waals surface area contributed by atoms with Crippen molar-refractivity contribution < 1.29 is 24.2 Å². The monoisotopic (exact) mass is 308 g/mol. The topological polar surface area (TPSA) is 72.8 Å². The quantitative estimate of drug-likeness (QED) is 0.408. The van der Waals surface area contributed by atoms with Crippen LogP contribution in [0.5, 0.6) is 5.75 Å². The first-order chi connectivity index (χ1) is 10.5. The smallest absolute Gasteiger partial charge is 0.320 e. The zero-order valence-corrected chi connectivity index (χ0v) is 13.2. The maximum Gasteiger partial charge on any atom is 0.320 e. The first kappa shape index (κ1) is 18.0. The molecule has 0 aromatic heterocycles. The van der Waals surface area contributed by atoms with Crippen LogP contribution in [-0.2, 0) is 14.3 Å². The molecular weight excluding hydrogens is 284 g/mol. The number of aliphatic carboxylic acids is 1. The molecule has 1 rings (SSSR count). The van der Waals surface area contributed by atoms with E-state index in [2.05, 4.69) is 0 Å². The van der Waals surface area contributed by atoms with E-state index in [9.17, 15) is 9.59 Å². The lowest BCUT2D eigenvalue weighted by atomic mass is 10.0. The molecule has 0 saturated heterocycles. The van der Waals surface area contributed by atoms with Gasteiger partial charge >= 0.3 is 11.9 Å². The SMILES string of the molecule is CCC(C)OC(=O)C(CCCCOc1ccccc1)C(=O)O. The van der Waals surface area contributed by atoms with Crippen molar-refractivity contribution in [2.45, 2.75) is 45.6 Å². The lowest BCUT2D eigenvalue weighted by molar-refractivity contribution is -0.162. The molecule has 0 spiro atoms. The van der Waals surface area contributed by atoms with Crippen LogP contribution in [0.3, 0.4) is 0 Å². The summed E-state index contributed by atoms with van der Waals surface area (Å²) in [5.41, 5.74) is 0. The van der Waals surface area contributed by atoms with Crippen LogP contribution in [0.25, 0.3) is 0 Å². The Morgan fingerprint density at radius 3 is 2.45 bits per heavy atom. The van der Waals surface area contributed by atoms with Crippen LogP contribution in [0.15, 0.2) is 30.3 Å². The van der Waals surface area contributed by atoms with Crippen LogP contribution >= 0.6 is 0 Å². The summed E-state index contributed by atoms with van der Waals surface area (Å²) < 4.78 is 10.6. The second-order valence-electron chi connectivity index (χ2n) is 5.20. The number of hydrogen-bond donors (Lipinski definition) is 1. The molecule has 122 valence electrons. The van der Waals surface area contributed by atoms with Crippen LogP contribution in [0.2, 0.25) is 0 Å². The van der Waals surface area contributed by atoms with Crippen molar-refractivity contribution in [2.24, 2.45) is 5.92 Å². The fourth-order valence-corrected chi connectivity index (χ4v) is 1.86. The third kappa shape index (κ3) is 6.61. The number of carbonyl (C=O) groups excluding carboxylic acids is 1. The highest BCUT2D eigenvalue weighted by atomic mass is 16.5. The van der Waals surface area contributed by atoms with E-state index in [1.807, 2.05) is 37.3 Å². The summed E-state index contributed by atoms with van der Waals surface area (Å²) in [4.78, 5) is 23.0. The molecule has 0 saturated carbocycles. The Morgan fingerprint density at radius 1 is 1.18 bits per heavy atom. The van der Waals surface area contributed by atoms with Gasteiger partial charge in [0, 0.05) is 0 Å². The molecule has 0 aliphatic heterocycles. The van der Waals surface area contributed by atoms with Crippen molar-refractivity contribution in [1.82, 2.24) is 0 Å². The Bertz CT molecular complexity index is 457. The third-order valence-electron chi connectivity index (χ3n) is 3.37. The van der Waals surface area contributed by atoms with Gasteiger partial charge in [0.1, 0.15) is 5.75 Å². The lowest BCUT2D eigenvalue weighted by Gasteiger charge is -2.15. The van der Waals surface area contributed by atoms with E-state index < -0.39 is 17.9 Å². The van der Waals surface area contributed by atoms with E-state index in [-0.39, 0.29) is 12.5 Å². The van der Waals surface area contributed by atoms with Crippen molar-refractivity contribution in [3.05, 3.63) is 30.3 Å². The van der Waals surface area contributed by atoms with Crippen molar-refractivity contribution in [3.63, 3.8) is 0 Å². The number of esters is 1. The zero-order valence-electron chi connectivity index (χ0n) is 13.2. The van der Waals surface area contributed by atoms with E-state index in [0.717, 1.165) is 5.75 Å². The molecule has 0 radical (unpaired) electrons. The van der Waals surface area contributed by atoms with Gasteiger partial charge in [0.05, 0.1) is 12.7 Å². The largest absolute Gasteiger partial charge is 0.494 e.